The van der Waals surface area contributed by atoms with Crippen LogP contribution in [-0.4, -0.2) is 59.8 Å². The lowest BCUT2D eigenvalue weighted by atomic mass is 9.87. The van der Waals surface area contributed by atoms with Crippen LogP contribution in [0.5, 0.6) is 0 Å². The predicted molar refractivity (Wildman–Crippen MR) is 183 cm³/mol. The van der Waals surface area contributed by atoms with Gasteiger partial charge in [-0.2, -0.15) is 4.68 Å². The highest BCUT2D eigenvalue weighted by Crippen LogP contribution is 2.36. The second kappa shape index (κ2) is 14.7. The Labute approximate surface area is 288 Å². The van der Waals surface area contributed by atoms with E-state index < -0.39 is 5.54 Å². The van der Waals surface area contributed by atoms with Gasteiger partial charge in [-0.1, -0.05) is 67.6 Å². The fourth-order valence-corrected chi connectivity index (χ4v) is 5.47. The Bertz CT molecular complexity index is 1890. The zero-order valence-corrected chi connectivity index (χ0v) is 29.5. The number of nitrogens with one attached hydrogen (secondary N) is 2. The summed E-state index contributed by atoms with van der Waals surface area (Å²) in [5, 5.41) is 28.6. The highest BCUT2D eigenvalue weighted by molar-refractivity contribution is 9.10. The number of nitrogens with zero attached hydrogens (tertiary/aromatic N) is 6. The molecule has 0 saturated carbocycles. The minimum Gasteiger partial charge on any atom is -0.429 e. The average molecular weight is 747 g/mol. The number of anilines is 1. The van der Waals surface area contributed by atoms with Crippen molar-refractivity contribution in [3.8, 4) is 17.5 Å². The molecule has 0 unspecified atom stereocenters. The van der Waals surface area contributed by atoms with Crippen LogP contribution in [0.1, 0.15) is 45.7 Å². The fraction of sp³-hybridized carbons (Fsp3) is 0.290. The van der Waals surface area contributed by atoms with E-state index in [1.54, 1.807) is 44.2 Å². The summed E-state index contributed by atoms with van der Waals surface area (Å²) in [7, 11) is 0. The summed E-state index contributed by atoms with van der Waals surface area (Å²) in [5.74, 6) is 5.44. The highest BCUT2D eigenvalue weighted by Gasteiger charge is 2.21. The van der Waals surface area contributed by atoms with Crippen molar-refractivity contribution in [3.63, 3.8) is 0 Å². The molecule has 0 saturated heterocycles. The smallest absolute Gasteiger partial charge is 0.242 e. The molecule has 2 heterocycles. The lowest BCUT2D eigenvalue weighted by molar-refractivity contribution is -0.120. The molecule has 15 heteroatoms. The third-order valence-corrected chi connectivity index (χ3v) is 8.78. The van der Waals surface area contributed by atoms with Crippen LogP contribution < -0.4 is 16.0 Å². The van der Waals surface area contributed by atoms with Crippen LogP contribution in [0.3, 0.4) is 0 Å². The zero-order chi connectivity index (χ0) is 33.6. The van der Waals surface area contributed by atoms with E-state index in [0.29, 0.717) is 42.0 Å². The van der Waals surface area contributed by atoms with Crippen LogP contribution in [0, 0.1) is 11.8 Å². The fourth-order valence-electron chi connectivity index (χ4n) is 3.92. The molecule has 2 aromatic carbocycles. The summed E-state index contributed by atoms with van der Waals surface area (Å²) in [6, 6.07) is 12.1. The van der Waals surface area contributed by atoms with Crippen LogP contribution in [0.2, 0.25) is 10.0 Å². The SMILES string of the molecule is CC(C)(C#Cc1ccc(NC(=O)CSc2nnnn2-c2cc(C(C)(C)C)cc(Br)c2Cl)c(Cl)c1)NC(=O)CN=c1ccn(O)cc1. The molecule has 0 bridgehead atoms. The highest BCUT2D eigenvalue weighted by atomic mass is 79.9. The molecule has 240 valence electrons. The van der Waals surface area contributed by atoms with Gasteiger partial charge in [-0.05, 0) is 93.6 Å². The number of carbonyl (C=O) groups is 2. The molecule has 0 atom stereocenters. The number of thioether (sulfide) groups is 1. The molecule has 2 amide bonds. The molecule has 11 nitrogen and oxygen atoms in total. The number of pyridine rings is 1. The summed E-state index contributed by atoms with van der Waals surface area (Å²) in [5.41, 5.74) is 1.67. The van der Waals surface area contributed by atoms with E-state index in [0.717, 1.165) is 22.1 Å². The minimum atomic E-state index is -0.849. The predicted octanol–water partition coefficient (Wildman–Crippen LogP) is 5.65. The number of tetrazole rings is 1. The number of amides is 2. The number of halogens is 3. The van der Waals surface area contributed by atoms with Crippen molar-refractivity contribution in [2.75, 3.05) is 17.6 Å². The molecular formula is C31H31BrCl2N8O3S. The third-order valence-electron chi connectivity index (χ3n) is 6.29. The van der Waals surface area contributed by atoms with E-state index in [-0.39, 0.29) is 29.5 Å². The second-order valence-corrected chi connectivity index (χ2v) is 14.2. The van der Waals surface area contributed by atoms with Crippen molar-refractivity contribution in [1.29, 1.82) is 0 Å². The second-order valence-electron chi connectivity index (χ2n) is 11.6. The number of rotatable bonds is 8. The number of hydrogen-bond acceptors (Lipinski definition) is 8. The van der Waals surface area contributed by atoms with Crippen molar-refractivity contribution in [3.05, 3.63) is 85.9 Å². The van der Waals surface area contributed by atoms with Crippen LogP contribution in [0.15, 0.2) is 69.5 Å². The summed E-state index contributed by atoms with van der Waals surface area (Å²) in [6.45, 7) is 9.73. The van der Waals surface area contributed by atoms with Gasteiger partial charge >= 0.3 is 0 Å². The van der Waals surface area contributed by atoms with Gasteiger partial charge in [-0.3, -0.25) is 14.6 Å². The topological polar surface area (TPSA) is 139 Å². The Balaban J connectivity index is 1.36. The average Bonchev–Trinajstić information content (AvgIpc) is 3.45. The standard InChI is InChI=1S/C31H31BrCl2N8O3S/c1-30(2,3)20-15-22(32)28(34)25(16-20)42-29(38-39-40-42)46-18-27(44)36-24-7-6-19(14-23(24)33)8-11-31(4,5)37-26(43)17-35-21-9-12-41(45)13-10-21/h6-7,9-10,12-16,45H,17-18H2,1-5H3,(H,36,44)(H,37,43). The first-order chi connectivity index (χ1) is 21.6. The minimum absolute atomic E-state index is 0.0158. The van der Waals surface area contributed by atoms with Crippen LogP contribution in [-0.2, 0) is 15.0 Å². The first-order valence-corrected chi connectivity index (χ1v) is 16.4. The van der Waals surface area contributed by atoms with Gasteiger partial charge in [-0.15, -0.1) is 5.10 Å². The van der Waals surface area contributed by atoms with Crippen molar-refractivity contribution in [1.82, 2.24) is 30.3 Å². The normalized spacial score (nSPS) is 11.4. The van der Waals surface area contributed by atoms with Gasteiger partial charge in [0.15, 0.2) is 0 Å². The van der Waals surface area contributed by atoms with Gasteiger partial charge in [0.2, 0.25) is 17.0 Å². The van der Waals surface area contributed by atoms with Crippen molar-refractivity contribution < 1.29 is 14.8 Å². The first-order valence-electron chi connectivity index (χ1n) is 13.8. The van der Waals surface area contributed by atoms with E-state index in [4.69, 9.17) is 23.2 Å². The monoisotopic (exact) mass is 744 g/mol. The number of carbonyl (C=O) groups excluding carboxylic acids is 2. The molecule has 0 aliphatic heterocycles. The Hall–Kier alpha value is -3.83. The van der Waals surface area contributed by atoms with Crippen LogP contribution in [0.25, 0.3) is 5.69 Å². The van der Waals surface area contributed by atoms with E-state index >= 15 is 0 Å². The first kappa shape index (κ1) is 35.0. The molecule has 3 N–H and O–H groups in total. The quantitative estimate of drug-likeness (QED) is 0.120. The lowest BCUT2D eigenvalue weighted by Gasteiger charge is -2.21. The Kier molecular flexibility index (Phi) is 11.2. The van der Waals surface area contributed by atoms with E-state index in [9.17, 15) is 14.8 Å². The van der Waals surface area contributed by atoms with Crippen molar-refractivity contribution in [2.45, 2.75) is 50.7 Å². The maximum atomic E-state index is 12.8. The maximum Gasteiger partial charge on any atom is 0.242 e. The Morgan fingerprint density at radius 1 is 1.07 bits per heavy atom. The largest absolute Gasteiger partial charge is 0.429 e. The molecule has 2 aromatic heterocycles. The maximum absolute atomic E-state index is 12.8. The Morgan fingerprint density at radius 2 is 1.78 bits per heavy atom. The van der Waals surface area contributed by atoms with Crippen LogP contribution in [0.4, 0.5) is 5.69 Å². The summed E-state index contributed by atoms with van der Waals surface area (Å²) in [4.78, 5) is 29.4. The molecule has 46 heavy (non-hydrogen) atoms. The van der Waals surface area contributed by atoms with Gasteiger partial charge in [0.1, 0.15) is 6.54 Å². The van der Waals surface area contributed by atoms with Crippen molar-refractivity contribution in [2.24, 2.45) is 4.99 Å². The van der Waals surface area contributed by atoms with Gasteiger partial charge in [-0.25, -0.2) is 4.73 Å². The molecular weight excluding hydrogens is 715 g/mol. The molecule has 0 aliphatic carbocycles. The zero-order valence-electron chi connectivity index (χ0n) is 25.6. The van der Waals surface area contributed by atoms with Crippen LogP contribution >= 0.6 is 50.9 Å². The van der Waals surface area contributed by atoms with E-state index in [1.165, 1.54) is 17.1 Å². The summed E-state index contributed by atoms with van der Waals surface area (Å²) >= 11 is 17.7. The molecule has 4 rings (SSSR count). The summed E-state index contributed by atoms with van der Waals surface area (Å²) < 4.78 is 3.12. The molecule has 0 fully saturated rings. The molecule has 0 radical (unpaired) electrons. The van der Waals surface area contributed by atoms with Gasteiger partial charge in [0.05, 0.1) is 38.1 Å². The number of hydrogen-bond donors (Lipinski definition) is 3. The lowest BCUT2D eigenvalue weighted by Crippen LogP contribution is -2.43. The molecule has 0 aliphatic rings. The van der Waals surface area contributed by atoms with E-state index in [2.05, 4.69) is 79.7 Å². The van der Waals surface area contributed by atoms with Crippen molar-refractivity contribution >= 4 is 68.4 Å². The van der Waals surface area contributed by atoms with Gasteiger partial charge < -0.3 is 15.8 Å². The Morgan fingerprint density at radius 3 is 2.46 bits per heavy atom. The summed E-state index contributed by atoms with van der Waals surface area (Å²) in [6.07, 6.45) is 2.84. The number of benzene rings is 2. The number of aromatic nitrogens is 5. The molecule has 0 spiro atoms. The van der Waals surface area contributed by atoms with Gasteiger partial charge in [0.25, 0.3) is 0 Å². The third kappa shape index (κ3) is 9.59. The van der Waals surface area contributed by atoms with Gasteiger partial charge in [0, 0.05) is 22.4 Å². The van der Waals surface area contributed by atoms with E-state index in [1.807, 2.05) is 12.1 Å². The molecule has 4 aromatic rings.